The van der Waals surface area contributed by atoms with Gasteiger partial charge in [-0.05, 0) is 26.0 Å². The lowest BCUT2D eigenvalue weighted by Gasteiger charge is -2.16. The van der Waals surface area contributed by atoms with E-state index >= 15 is 0 Å². The van der Waals surface area contributed by atoms with Crippen molar-refractivity contribution >= 4 is 5.91 Å². The highest BCUT2D eigenvalue weighted by Crippen LogP contribution is 2.21. The molecule has 1 rings (SSSR count). The second-order valence-corrected chi connectivity index (χ2v) is 4.70. The minimum Gasteiger partial charge on any atom is -0.384 e. The molecule has 3 nitrogen and oxygen atoms in total. The maximum absolute atomic E-state index is 12.3. The van der Waals surface area contributed by atoms with Gasteiger partial charge in [-0.3, -0.25) is 4.79 Å². The molecule has 0 fully saturated rings. The van der Waals surface area contributed by atoms with Gasteiger partial charge in [0, 0.05) is 11.6 Å². The van der Waals surface area contributed by atoms with Gasteiger partial charge >= 0.3 is 6.18 Å². The topological polar surface area (TPSA) is 49.3 Å². The highest BCUT2D eigenvalue weighted by atomic mass is 19.4. The van der Waals surface area contributed by atoms with Gasteiger partial charge in [-0.25, -0.2) is 0 Å². The first-order valence-corrected chi connectivity index (χ1v) is 6.31. The fourth-order valence-corrected chi connectivity index (χ4v) is 1.79. The lowest BCUT2D eigenvalue weighted by Crippen LogP contribution is -2.36. The molecule has 0 aliphatic heterocycles. The second kappa shape index (κ2) is 7.14. The third-order valence-electron chi connectivity index (χ3n) is 2.64. The number of amides is 1. The average molecular weight is 299 g/mol. The Kier molecular flexibility index (Phi) is 5.79. The lowest BCUT2D eigenvalue weighted by atomic mass is 10.0. The SMILES string of the molecule is Cc1ccc(C#CCO)c(C(=O)NC(C)CC(F)(F)F)c1. The van der Waals surface area contributed by atoms with Gasteiger partial charge < -0.3 is 10.4 Å². The zero-order valence-corrected chi connectivity index (χ0v) is 11.7. The molecule has 0 aliphatic carbocycles. The maximum atomic E-state index is 12.3. The van der Waals surface area contributed by atoms with Gasteiger partial charge in [0.15, 0.2) is 0 Å². The number of alkyl halides is 3. The summed E-state index contributed by atoms with van der Waals surface area (Å²) >= 11 is 0. The molecule has 0 saturated carbocycles. The summed E-state index contributed by atoms with van der Waals surface area (Å²) in [4.78, 5) is 12.1. The number of hydrogen-bond acceptors (Lipinski definition) is 2. The molecular formula is C15H16F3NO2. The fourth-order valence-electron chi connectivity index (χ4n) is 1.79. The highest BCUT2D eigenvalue weighted by Gasteiger charge is 2.30. The van der Waals surface area contributed by atoms with Crippen LogP contribution in [0.5, 0.6) is 0 Å². The summed E-state index contributed by atoms with van der Waals surface area (Å²) in [7, 11) is 0. The van der Waals surface area contributed by atoms with E-state index in [9.17, 15) is 18.0 Å². The normalized spacial score (nSPS) is 12.3. The van der Waals surface area contributed by atoms with Gasteiger partial charge in [-0.2, -0.15) is 13.2 Å². The van der Waals surface area contributed by atoms with Crippen LogP contribution in [-0.4, -0.2) is 29.8 Å². The molecule has 0 saturated heterocycles. The van der Waals surface area contributed by atoms with E-state index in [0.29, 0.717) is 5.56 Å². The molecule has 1 aromatic rings. The molecule has 1 unspecified atom stereocenters. The Morgan fingerprint density at radius 3 is 2.67 bits per heavy atom. The van der Waals surface area contributed by atoms with E-state index in [-0.39, 0.29) is 12.2 Å². The Balaban J connectivity index is 2.93. The highest BCUT2D eigenvalue weighted by molar-refractivity contribution is 5.97. The van der Waals surface area contributed by atoms with Gasteiger partial charge in [0.2, 0.25) is 0 Å². The van der Waals surface area contributed by atoms with Crippen LogP contribution >= 0.6 is 0 Å². The van der Waals surface area contributed by atoms with Gasteiger partial charge in [-0.1, -0.05) is 23.5 Å². The van der Waals surface area contributed by atoms with Crippen LogP contribution < -0.4 is 5.32 Å². The first-order chi connectivity index (χ1) is 9.73. The Morgan fingerprint density at radius 2 is 2.10 bits per heavy atom. The summed E-state index contributed by atoms with van der Waals surface area (Å²) in [5.41, 5.74) is 1.36. The predicted octanol–water partition coefficient (Wildman–Crippen LogP) is 2.41. The number of benzene rings is 1. The van der Waals surface area contributed by atoms with Gasteiger partial charge in [0.1, 0.15) is 6.61 Å². The molecule has 2 N–H and O–H groups in total. The van der Waals surface area contributed by atoms with Crippen molar-refractivity contribution in [1.29, 1.82) is 0 Å². The van der Waals surface area contributed by atoms with Crippen molar-refractivity contribution in [1.82, 2.24) is 5.32 Å². The van der Waals surface area contributed by atoms with E-state index < -0.39 is 24.5 Å². The molecule has 0 aromatic heterocycles. The number of carbonyl (C=O) groups excluding carboxylic acids is 1. The number of nitrogens with one attached hydrogen (secondary N) is 1. The van der Waals surface area contributed by atoms with Crippen molar-refractivity contribution in [3.63, 3.8) is 0 Å². The van der Waals surface area contributed by atoms with Gasteiger partial charge in [0.05, 0.1) is 12.0 Å². The van der Waals surface area contributed by atoms with Crippen LogP contribution in [0.15, 0.2) is 18.2 Å². The summed E-state index contributed by atoms with van der Waals surface area (Å²) in [5, 5.41) is 11.0. The van der Waals surface area contributed by atoms with E-state index in [1.807, 2.05) is 0 Å². The summed E-state index contributed by atoms with van der Waals surface area (Å²) in [6, 6.07) is 3.85. The summed E-state index contributed by atoms with van der Waals surface area (Å²) in [5.74, 6) is 4.41. The third kappa shape index (κ3) is 5.88. The first kappa shape index (κ1) is 17.1. The second-order valence-electron chi connectivity index (χ2n) is 4.70. The van der Waals surface area contributed by atoms with Crippen molar-refractivity contribution < 1.29 is 23.1 Å². The van der Waals surface area contributed by atoms with Gasteiger partial charge in [0.25, 0.3) is 5.91 Å². The van der Waals surface area contributed by atoms with Crippen molar-refractivity contribution in [2.24, 2.45) is 0 Å². The standard InChI is InChI=1S/C15H16F3NO2/c1-10-5-6-12(4-3-7-20)13(8-10)14(21)19-11(2)9-15(16,17)18/h5-6,8,11,20H,7,9H2,1-2H3,(H,19,21). The summed E-state index contributed by atoms with van der Waals surface area (Å²) in [6.45, 7) is 2.69. The average Bonchev–Trinajstić information content (AvgIpc) is 2.34. The molecule has 0 aliphatic rings. The zero-order chi connectivity index (χ0) is 16.0. The molecule has 0 heterocycles. The van der Waals surface area contributed by atoms with Crippen LogP contribution in [0.2, 0.25) is 0 Å². The number of aliphatic hydroxyl groups excluding tert-OH is 1. The van der Waals surface area contributed by atoms with Crippen LogP contribution in [0.25, 0.3) is 0 Å². The fraction of sp³-hybridized carbons (Fsp3) is 0.400. The van der Waals surface area contributed by atoms with Crippen molar-refractivity contribution in [2.75, 3.05) is 6.61 Å². The molecular weight excluding hydrogens is 283 g/mol. The van der Waals surface area contributed by atoms with E-state index in [1.54, 1.807) is 25.1 Å². The van der Waals surface area contributed by atoms with Crippen LogP contribution in [0.4, 0.5) is 13.2 Å². The quantitative estimate of drug-likeness (QED) is 0.842. The van der Waals surface area contributed by atoms with Gasteiger partial charge in [-0.15, -0.1) is 0 Å². The molecule has 1 amide bonds. The molecule has 0 spiro atoms. The molecule has 0 bridgehead atoms. The third-order valence-corrected chi connectivity index (χ3v) is 2.64. The number of halogens is 3. The minimum atomic E-state index is -4.33. The zero-order valence-electron chi connectivity index (χ0n) is 11.7. The molecule has 114 valence electrons. The predicted molar refractivity (Wildman–Crippen MR) is 72.7 cm³/mol. The molecule has 21 heavy (non-hydrogen) atoms. The lowest BCUT2D eigenvalue weighted by molar-refractivity contribution is -0.138. The molecule has 1 atom stereocenters. The minimum absolute atomic E-state index is 0.199. The summed E-state index contributed by atoms with van der Waals surface area (Å²) in [6.07, 6.45) is -5.43. The van der Waals surface area contributed by atoms with E-state index in [4.69, 9.17) is 5.11 Å². The Morgan fingerprint density at radius 1 is 1.43 bits per heavy atom. The number of carbonyl (C=O) groups is 1. The van der Waals surface area contributed by atoms with Crippen LogP contribution in [0.1, 0.15) is 34.8 Å². The molecule has 0 radical (unpaired) electrons. The van der Waals surface area contributed by atoms with Crippen molar-refractivity contribution in [3.05, 3.63) is 34.9 Å². The Hall–Kier alpha value is -2.00. The largest absolute Gasteiger partial charge is 0.391 e. The Bertz CT molecular complexity index is 571. The molecule has 6 heteroatoms. The van der Waals surface area contributed by atoms with Crippen LogP contribution in [-0.2, 0) is 0 Å². The number of aliphatic hydroxyl groups is 1. The van der Waals surface area contributed by atoms with Crippen LogP contribution in [0, 0.1) is 18.8 Å². The smallest absolute Gasteiger partial charge is 0.384 e. The first-order valence-electron chi connectivity index (χ1n) is 6.31. The number of rotatable bonds is 3. The van der Waals surface area contributed by atoms with Crippen molar-refractivity contribution in [2.45, 2.75) is 32.5 Å². The molecule has 1 aromatic carbocycles. The van der Waals surface area contributed by atoms with Crippen molar-refractivity contribution in [3.8, 4) is 11.8 Å². The Labute approximate surface area is 121 Å². The number of aryl methyl sites for hydroxylation is 1. The van der Waals surface area contributed by atoms with Crippen LogP contribution in [0.3, 0.4) is 0 Å². The monoisotopic (exact) mass is 299 g/mol. The van der Waals surface area contributed by atoms with E-state index in [0.717, 1.165) is 5.56 Å². The van der Waals surface area contributed by atoms with E-state index in [2.05, 4.69) is 17.2 Å². The maximum Gasteiger partial charge on any atom is 0.391 e. The summed E-state index contributed by atoms with van der Waals surface area (Å²) < 4.78 is 36.8. The van der Waals surface area contributed by atoms with E-state index in [1.165, 1.54) is 6.92 Å². The number of hydrogen-bond donors (Lipinski definition) is 2.